The monoisotopic (exact) mass is 242 g/mol. The van der Waals surface area contributed by atoms with Crippen LogP contribution in [0.3, 0.4) is 0 Å². The molecular formula is C11H10N6O. The van der Waals surface area contributed by atoms with E-state index in [1.54, 1.807) is 0 Å². The molecule has 0 amide bonds. The number of anilines is 2. The lowest BCUT2D eigenvalue weighted by molar-refractivity contribution is 0.923. The van der Waals surface area contributed by atoms with Crippen LogP contribution in [0.5, 0.6) is 0 Å². The number of nitrogen functional groups attached to an aromatic ring is 1. The third-order valence-corrected chi connectivity index (χ3v) is 2.54. The Morgan fingerprint density at radius 1 is 1.28 bits per heavy atom. The quantitative estimate of drug-likeness (QED) is 0.570. The summed E-state index contributed by atoms with van der Waals surface area (Å²) in [6, 6.07) is 9.34. The Bertz CT molecular complexity index is 745. The molecule has 2 aromatic heterocycles. The maximum absolute atomic E-state index is 11.9. The molecular weight excluding hydrogens is 232 g/mol. The highest BCUT2D eigenvalue weighted by molar-refractivity contribution is 5.74. The summed E-state index contributed by atoms with van der Waals surface area (Å²) in [7, 11) is 0. The van der Waals surface area contributed by atoms with E-state index in [-0.39, 0.29) is 11.5 Å². The first kappa shape index (κ1) is 10.3. The SMILES string of the molecule is Nn1c(Nc2ccccc2)nc2[nH]ncc2c1=O. The summed E-state index contributed by atoms with van der Waals surface area (Å²) in [5, 5.41) is 9.74. The zero-order chi connectivity index (χ0) is 12.5. The van der Waals surface area contributed by atoms with Crippen molar-refractivity contribution in [3.63, 3.8) is 0 Å². The summed E-state index contributed by atoms with van der Waals surface area (Å²) in [5.74, 6) is 5.95. The lowest BCUT2D eigenvalue weighted by Crippen LogP contribution is -2.30. The van der Waals surface area contributed by atoms with E-state index in [1.165, 1.54) is 6.20 Å². The average molecular weight is 242 g/mol. The number of hydrogen-bond donors (Lipinski definition) is 3. The molecule has 0 bridgehead atoms. The Morgan fingerprint density at radius 2 is 2.06 bits per heavy atom. The van der Waals surface area contributed by atoms with Crippen LogP contribution in [0, 0.1) is 0 Å². The highest BCUT2D eigenvalue weighted by Gasteiger charge is 2.10. The van der Waals surface area contributed by atoms with Gasteiger partial charge in [-0.15, -0.1) is 0 Å². The first-order valence-electron chi connectivity index (χ1n) is 5.29. The standard InChI is InChI=1S/C11H10N6O/c12-17-10(18)8-6-13-16-9(8)15-11(17)14-7-4-2-1-3-5-7/h1-6H,12H2,(H2,13,14,15,16). The fraction of sp³-hybridized carbons (Fsp3) is 0. The fourth-order valence-electron chi connectivity index (χ4n) is 1.65. The van der Waals surface area contributed by atoms with E-state index >= 15 is 0 Å². The lowest BCUT2D eigenvalue weighted by Gasteiger charge is -2.08. The van der Waals surface area contributed by atoms with Crippen LogP contribution in [0.25, 0.3) is 11.0 Å². The number of fused-ring (bicyclic) bond motifs is 1. The Balaban J connectivity index is 2.12. The minimum absolute atomic E-state index is 0.253. The molecule has 3 rings (SSSR count). The van der Waals surface area contributed by atoms with Crippen molar-refractivity contribution < 1.29 is 0 Å². The van der Waals surface area contributed by atoms with Crippen LogP contribution in [0.4, 0.5) is 11.6 Å². The van der Waals surface area contributed by atoms with Gasteiger partial charge < -0.3 is 11.2 Å². The van der Waals surface area contributed by atoms with Crippen LogP contribution in [0.15, 0.2) is 41.3 Å². The molecule has 3 aromatic rings. The van der Waals surface area contributed by atoms with Crippen molar-refractivity contribution in [2.24, 2.45) is 0 Å². The second-order valence-electron chi connectivity index (χ2n) is 3.73. The summed E-state index contributed by atoms with van der Waals surface area (Å²) in [5.41, 5.74) is 0.842. The molecule has 0 aliphatic heterocycles. The molecule has 0 atom stereocenters. The molecule has 0 spiro atoms. The highest BCUT2D eigenvalue weighted by atomic mass is 16.1. The van der Waals surface area contributed by atoms with Crippen LogP contribution in [0.1, 0.15) is 0 Å². The van der Waals surface area contributed by atoms with Crippen molar-refractivity contribution >= 4 is 22.7 Å². The van der Waals surface area contributed by atoms with E-state index < -0.39 is 0 Å². The zero-order valence-electron chi connectivity index (χ0n) is 9.29. The Morgan fingerprint density at radius 3 is 2.83 bits per heavy atom. The molecule has 18 heavy (non-hydrogen) atoms. The van der Waals surface area contributed by atoms with Crippen molar-refractivity contribution in [2.45, 2.75) is 0 Å². The van der Waals surface area contributed by atoms with E-state index in [4.69, 9.17) is 5.84 Å². The molecule has 7 heteroatoms. The smallest absolute Gasteiger partial charge is 0.284 e. The molecule has 0 radical (unpaired) electrons. The van der Waals surface area contributed by atoms with Gasteiger partial charge in [0.05, 0.1) is 6.20 Å². The molecule has 0 saturated carbocycles. The van der Waals surface area contributed by atoms with Gasteiger partial charge >= 0.3 is 0 Å². The molecule has 0 saturated heterocycles. The molecule has 0 unspecified atom stereocenters. The van der Waals surface area contributed by atoms with Crippen LogP contribution < -0.4 is 16.7 Å². The predicted octanol–water partition coefficient (Wildman–Crippen LogP) is 0.577. The minimum Gasteiger partial charge on any atom is -0.333 e. The van der Waals surface area contributed by atoms with Crippen LogP contribution in [-0.4, -0.2) is 19.9 Å². The van der Waals surface area contributed by atoms with Gasteiger partial charge in [0, 0.05) is 5.69 Å². The van der Waals surface area contributed by atoms with Crippen molar-refractivity contribution in [2.75, 3.05) is 11.2 Å². The summed E-state index contributed by atoms with van der Waals surface area (Å²) >= 11 is 0. The molecule has 2 heterocycles. The first-order chi connectivity index (χ1) is 8.75. The summed E-state index contributed by atoms with van der Waals surface area (Å²) in [6.07, 6.45) is 1.40. The van der Waals surface area contributed by atoms with Crippen LogP contribution >= 0.6 is 0 Å². The largest absolute Gasteiger partial charge is 0.333 e. The summed E-state index contributed by atoms with van der Waals surface area (Å²) in [6.45, 7) is 0. The van der Waals surface area contributed by atoms with Gasteiger partial charge in [0.2, 0.25) is 5.95 Å². The second-order valence-corrected chi connectivity index (χ2v) is 3.73. The van der Waals surface area contributed by atoms with Gasteiger partial charge in [0.1, 0.15) is 5.39 Å². The van der Waals surface area contributed by atoms with Gasteiger partial charge in [0.15, 0.2) is 5.65 Å². The number of nitrogens with two attached hydrogens (primary N) is 1. The average Bonchev–Trinajstić information content (AvgIpc) is 2.85. The van der Waals surface area contributed by atoms with E-state index in [0.717, 1.165) is 10.4 Å². The number of rotatable bonds is 2. The summed E-state index contributed by atoms with van der Waals surface area (Å²) in [4.78, 5) is 16.1. The van der Waals surface area contributed by atoms with Crippen molar-refractivity contribution in [1.29, 1.82) is 0 Å². The second kappa shape index (κ2) is 3.88. The molecule has 0 fully saturated rings. The number of nitrogens with zero attached hydrogens (tertiary/aromatic N) is 3. The Kier molecular flexibility index (Phi) is 2.23. The van der Waals surface area contributed by atoms with E-state index in [2.05, 4.69) is 20.5 Å². The maximum Gasteiger partial charge on any atom is 0.284 e. The third kappa shape index (κ3) is 1.58. The zero-order valence-corrected chi connectivity index (χ0v) is 9.29. The number of hydrogen-bond acceptors (Lipinski definition) is 5. The van der Waals surface area contributed by atoms with Crippen LogP contribution in [0.2, 0.25) is 0 Å². The topological polar surface area (TPSA) is 102 Å². The van der Waals surface area contributed by atoms with Gasteiger partial charge in [-0.25, -0.2) is 0 Å². The highest BCUT2D eigenvalue weighted by Crippen LogP contribution is 2.13. The molecule has 0 aliphatic carbocycles. The van der Waals surface area contributed by atoms with E-state index in [9.17, 15) is 4.79 Å². The van der Waals surface area contributed by atoms with E-state index in [1.807, 2.05) is 30.3 Å². The van der Waals surface area contributed by atoms with Gasteiger partial charge in [-0.05, 0) is 12.1 Å². The Hall–Kier alpha value is -2.83. The van der Waals surface area contributed by atoms with E-state index in [0.29, 0.717) is 11.0 Å². The Labute approximate surface area is 101 Å². The number of aromatic amines is 1. The minimum atomic E-state index is -0.354. The fourth-order valence-corrected chi connectivity index (χ4v) is 1.65. The third-order valence-electron chi connectivity index (χ3n) is 2.54. The van der Waals surface area contributed by atoms with Gasteiger partial charge in [0.25, 0.3) is 5.56 Å². The number of para-hydroxylation sites is 1. The lowest BCUT2D eigenvalue weighted by atomic mass is 10.3. The van der Waals surface area contributed by atoms with Crippen molar-refractivity contribution in [1.82, 2.24) is 19.9 Å². The number of aromatic nitrogens is 4. The molecule has 0 aliphatic rings. The van der Waals surface area contributed by atoms with Crippen LogP contribution in [-0.2, 0) is 0 Å². The first-order valence-corrected chi connectivity index (χ1v) is 5.29. The molecule has 4 N–H and O–H groups in total. The predicted molar refractivity (Wildman–Crippen MR) is 68.0 cm³/mol. The molecule has 90 valence electrons. The van der Waals surface area contributed by atoms with Gasteiger partial charge in [-0.1, -0.05) is 18.2 Å². The molecule has 7 nitrogen and oxygen atoms in total. The van der Waals surface area contributed by atoms with Gasteiger partial charge in [-0.2, -0.15) is 14.8 Å². The normalized spacial score (nSPS) is 10.7. The maximum atomic E-state index is 11.9. The number of H-pyrrole nitrogens is 1. The number of nitrogens with one attached hydrogen (secondary N) is 2. The molecule has 1 aromatic carbocycles. The van der Waals surface area contributed by atoms with Crippen molar-refractivity contribution in [3.8, 4) is 0 Å². The van der Waals surface area contributed by atoms with Crippen molar-refractivity contribution in [3.05, 3.63) is 46.9 Å². The number of benzene rings is 1. The summed E-state index contributed by atoms with van der Waals surface area (Å²) < 4.78 is 0.963. The van der Waals surface area contributed by atoms with Gasteiger partial charge in [-0.3, -0.25) is 9.89 Å².